The average Bonchev–Trinajstić information content (AvgIpc) is 3.36. The molecule has 2 aliphatic heterocycles. The number of halogens is 2. The van der Waals surface area contributed by atoms with Crippen molar-refractivity contribution >= 4 is 29.3 Å². The maximum atomic E-state index is 13.5. The first-order valence-electron chi connectivity index (χ1n) is 10.6. The fourth-order valence-electron chi connectivity index (χ4n) is 4.46. The highest BCUT2D eigenvalue weighted by molar-refractivity contribution is 6.30. The molecule has 5 rings (SSSR count). The van der Waals surface area contributed by atoms with Crippen LogP contribution in [0.15, 0.2) is 67.0 Å². The standard InChI is InChI=1S/C25H21ClFN3O3/c26-20-4-2-6-22(12-20)30-16-25(33-24(30)32)7-8-29(15-25)23(31)19-10-18(13-28-14-19)9-17-3-1-5-21(27)11-17/h1-6,10-14H,7-9,15-16H2. The van der Waals surface area contributed by atoms with Crippen LogP contribution >= 0.6 is 11.6 Å². The van der Waals surface area contributed by atoms with Gasteiger partial charge in [0.05, 0.1) is 18.7 Å². The number of hydrogen-bond acceptors (Lipinski definition) is 4. The van der Waals surface area contributed by atoms with Gasteiger partial charge in [0, 0.05) is 36.1 Å². The second-order valence-corrected chi connectivity index (χ2v) is 8.92. The molecule has 2 saturated heterocycles. The lowest BCUT2D eigenvalue weighted by atomic mass is 10.0. The van der Waals surface area contributed by atoms with Gasteiger partial charge < -0.3 is 9.64 Å². The molecule has 0 bridgehead atoms. The van der Waals surface area contributed by atoms with E-state index < -0.39 is 11.7 Å². The van der Waals surface area contributed by atoms with Gasteiger partial charge in [-0.05, 0) is 53.9 Å². The van der Waals surface area contributed by atoms with Crippen LogP contribution in [0.4, 0.5) is 14.9 Å². The Balaban J connectivity index is 1.29. The van der Waals surface area contributed by atoms with Crippen molar-refractivity contribution in [2.24, 2.45) is 0 Å². The predicted molar refractivity (Wildman–Crippen MR) is 122 cm³/mol. The molecule has 168 valence electrons. The van der Waals surface area contributed by atoms with E-state index in [-0.39, 0.29) is 11.7 Å². The maximum Gasteiger partial charge on any atom is 0.415 e. The number of aromatic nitrogens is 1. The minimum absolute atomic E-state index is 0.169. The number of amides is 2. The topological polar surface area (TPSA) is 62.7 Å². The molecule has 0 saturated carbocycles. The van der Waals surface area contributed by atoms with E-state index in [2.05, 4.69) is 4.98 Å². The van der Waals surface area contributed by atoms with Crippen molar-refractivity contribution in [1.29, 1.82) is 0 Å². The van der Waals surface area contributed by atoms with Gasteiger partial charge in [0.2, 0.25) is 0 Å². The third-order valence-electron chi connectivity index (χ3n) is 6.03. The van der Waals surface area contributed by atoms with Crippen LogP contribution in [0, 0.1) is 5.82 Å². The van der Waals surface area contributed by atoms with Crippen LogP contribution in [-0.4, -0.2) is 47.1 Å². The molecule has 3 heterocycles. The lowest BCUT2D eigenvalue weighted by Crippen LogP contribution is -2.39. The zero-order valence-electron chi connectivity index (χ0n) is 17.7. The van der Waals surface area contributed by atoms with E-state index in [1.54, 1.807) is 52.4 Å². The predicted octanol–water partition coefficient (Wildman–Crippen LogP) is 4.71. The molecule has 1 unspecified atom stereocenters. The minimum atomic E-state index is -0.748. The largest absolute Gasteiger partial charge is 0.439 e. The Bertz CT molecular complexity index is 1240. The summed E-state index contributed by atoms with van der Waals surface area (Å²) in [6.45, 7) is 1.14. The van der Waals surface area contributed by atoms with Crippen molar-refractivity contribution in [2.75, 3.05) is 24.5 Å². The molecule has 1 atom stereocenters. The van der Waals surface area contributed by atoms with Crippen LogP contribution in [0.25, 0.3) is 0 Å². The van der Waals surface area contributed by atoms with Gasteiger partial charge in [-0.3, -0.25) is 14.7 Å². The van der Waals surface area contributed by atoms with Crippen molar-refractivity contribution < 1.29 is 18.7 Å². The summed E-state index contributed by atoms with van der Waals surface area (Å²) in [6.07, 6.45) is 3.79. The van der Waals surface area contributed by atoms with Crippen LogP contribution in [0.5, 0.6) is 0 Å². The summed E-state index contributed by atoms with van der Waals surface area (Å²) < 4.78 is 19.2. The molecular formula is C25H21ClFN3O3. The number of nitrogens with zero attached hydrogens (tertiary/aromatic N) is 3. The fourth-order valence-corrected chi connectivity index (χ4v) is 4.65. The zero-order chi connectivity index (χ0) is 23.0. The zero-order valence-corrected chi connectivity index (χ0v) is 18.5. The summed E-state index contributed by atoms with van der Waals surface area (Å²) in [6, 6.07) is 15.2. The quantitative estimate of drug-likeness (QED) is 0.560. The number of carbonyl (C=O) groups is 2. The molecule has 2 aliphatic rings. The number of pyridine rings is 1. The number of ether oxygens (including phenoxy) is 1. The van der Waals surface area contributed by atoms with Crippen molar-refractivity contribution in [3.8, 4) is 0 Å². The number of rotatable bonds is 4. The smallest absolute Gasteiger partial charge is 0.415 e. The molecule has 2 fully saturated rings. The summed E-state index contributed by atoms with van der Waals surface area (Å²) in [7, 11) is 0. The van der Waals surface area contributed by atoms with Crippen molar-refractivity contribution in [3.63, 3.8) is 0 Å². The molecule has 6 nitrogen and oxygen atoms in total. The van der Waals surface area contributed by atoms with E-state index in [0.717, 1.165) is 11.1 Å². The van der Waals surface area contributed by atoms with Crippen LogP contribution in [-0.2, 0) is 11.2 Å². The highest BCUT2D eigenvalue weighted by atomic mass is 35.5. The molecule has 0 aliphatic carbocycles. The van der Waals surface area contributed by atoms with Gasteiger partial charge in [0.15, 0.2) is 5.60 Å². The van der Waals surface area contributed by atoms with E-state index in [1.165, 1.54) is 18.3 Å². The Morgan fingerprint density at radius 3 is 2.76 bits per heavy atom. The number of likely N-dealkylation sites (tertiary alicyclic amines) is 1. The number of carbonyl (C=O) groups excluding carboxylic acids is 2. The van der Waals surface area contributed by atoms with Crippen LogP contribution in [0.3, 0.4) is 0 Å². The van der Waals surface area contributed by atoms with Gasteiger partial charge in [0.25, 0.3) is 5.91 Å². The van der Waals surface area contributed by atoms with E-state index in [0.29, 0.717) is 48.7 Å². The van der Waals surface area contributed by atoms with Gasteiger partial charge in [-0.1, -0.05) is 29.8 Å². The Kier molecular flexibility index (Phi) is 5.50. The first-order valence-corrected chi connectivity index (χ1v) is 11.0. The minimum Gasteiger partial charge on any atom is -0.439 e. The van der Waals surface area contributed by atoms with E-state index in [1.807, 2.05) is 6.07 Å². The van der Waals surface area contributed by atoms with Crippen molar-refractivity contribution in [2.45, 2.75) is 18.4 Å². The van der Waals surface area contributed by atoms with E-state index in [9.17, 15) is 14.0 Å². The normalized spacial score (nSPS) is 19.9. The maximum absolute atomic E-state index is 13.5. The number of benzene rings is 2. The third-order valence-corrected chi connectivity index (χ3v) is 6.27. The van der Waals surface area contributed by atoms with Crippen molar-refractivity contribution in [1.82, 2.24) is 9.88 Å². The molecule has 2 aromatic carbocycles. The molecule has 33 heavy (non-hydrogen) atoms. The van der Waals surface area contributed by atoms with Crippen LogP contribution < -0.4 is 4.90 Å². The second-order valence-electron chi connectivity index (χ2n) is 8.48. The Morgan fingerprint density at radius 2 is 1.94 bits per heavy atom. The number of anilines is 1. The summed E-state index contributed by atoms with van der Waals surface area (Å²) in [5.41, 5.74) is 2.00. The molecule has 0 radical (unpaired) electrons. The number of hydrogen-bond donors (Lipinski definition) is 0. The highest BCUT2D eigenvalue weighted by Gasteiger charge is 2.51. The van der Waals surface area contributed by atoms with Gasteiger partial charge in [-0.15, -0.1) is 0 Å². The molecule has 8 heteroatoms. The van der Waals surface area contributed by atoms with Gasteiger partial charge in [-0.25, -0.2) is 9.18 Å². The third kappa shape index (κ3) is 4.41. The fraction of sp³-hybridized carbons (Fsp3) is 0.240. The lowest BCUT2D eigenvalue weighted by Gasteiger charge is -2.22. The Hall–Kier alpha value is -3.45. The summed E-state index contributed by atoms with van der Waals surface area (Å²) in [4.78, 5) is 33.2. The first-order chi connectivity index (χ1) is 15.9. The molecule has 0 N–H and O–H groups in total. The molecule has 3 aromatic rings. The van der Waals surface area contributed by atoms with E-state index >= 15 is 0 Å². The first kappa shape index (κ1) is 21.4. The van der Waals surface area contributed by atoms with Gasteiger partial charge in [-0.2, -0.15) is 0 Å². The Morgan fingerprint density at radius 1 is 1.09 bits per heavy atom. The van der Waals surface area contributed by atoms with Gasteiger partial charge >= 0.3 is 6.09 Å². The lowest BCUT2D eigenvalue weighted by molar-refractivity contribution is 0.0553. The summed E-state index contributed by atoms with van der Waals surface area (Å²) >= 11 is 6.07. The Labute approximate surface area is 195 Å². The van der Waals surface area contributed by atoms with Crippen LogP contribution in [0.1, 0.15) is 27.9 Å². The molecule has 1 spiro atoms. The highest BCUT2D eigenvalue weighted by Crippen LogP contribution is 2.36. The van der Waals surface area contributed by atoms with Crippen LogP contribution in [0.2, 0.25) is 5.02 Å². The van der Waals surface area contributed by atoms with Gasteiger partial charge in [0.1, 0.15) is 5.82 Å². The average molecular weight is 466 g/mol. The molecule has 2 amide bonds. The molecule has 1 aromatic heterocycles. The monoisotopic (exact) mass is 465 g/mol. The van der Waals surface area contributed by atoms with Crippen molar-refractivity contribution in [3.05, 3.63) is 94.5 Å². The second kappa shape index (κ2) is 8.48. The molecular weight excluding hydrogens is 445 g/mol. The summed E-state index contributed by atoms with van der Waals surface area (Å²) in [5, 5.41) is 0.537. The SMILES string of the molecule is O=C(c1cncc(Cc2cccc(F)c2)c1)N1CCC2(C1)CN(c1cccc(Cl)c1)C(=O)O2. The van der Waals surface area contributed by atoms with E-state index in [4.69, 9.17) is 16.3 Å². The summed E-state index contributed by atoms with van der Waals surface area (Å²) in [5.74, 6) is -0.467.